The molecule has 1 heterocycles. The van der Waals surface area contributed by atoms with Crippen LogP contribution in [0.3, 0.4) is 0 Å². The molecule has 2 rings (SSSR count). The summed E-state index contributed by atoms with van der Waals surface area (Å²) in [5, 5.41) is 2.69. The number of nitrogens with zero attached hydrogens (tertiary/aromatic N) is 1. The Balaban J connectivity index is 2.38. The van der Waals surface area contributed by atoms with Gasteiger partial charge in [-0.1, -0.05) is 11.6 Å². The van der Waals surface area contributed by atoms with Crippen LogP contribution in [0.15, 0.2) is 34.7 Å². The van der Waals surface area contributed by atoms with Crippen molar-refractivity contribution in [1.29, 1.82) is 0 Å². The maximum Gasteiger partial charge on any atom is 0.186 e. The highest BCUT2D eigenvalue weighted by atomic mass is 35.5. The van der Waals surface area contributed by atoms with Gasteiger partial charge >= 0.3 is 0 Å². The predicted molar refractivity (Wildman–Crippen MR) is 68.9 cm³/mol. The standard InChI is InChI=1S/C10H9ClN2O2S2/c11-7-1-2-9(8(12)5-7)17(14,15)6-10-13-3-4-16-10/h1-5H,6,12H2. The zero-order valence-electron chi connectivity index (χ0n) is 8.63. The van der Waals surface area contributed by atoms with Gasteiger partial charge in [-0.3, -0.25) is 0 Å². The summed E-state index contributed by atoms with van der Waals surface area (Å²) in [6, 6.07) is 4.35. The van der Waals surface area contributed by atoms with E-state index in [2.05, 4.69) is 4.98 Å². The maximum atomic E-state index is 12.1. The van der Waals surface area contributed by atoms with Gasteiger partial charge in [0.1, 0.15) is 10.8 Å². The summed E-state index contributed by atoms with van der Waals surface area (Å²) in [6.07, 6.45) is 1.57. The first kappa shape index (κ1) is 12.3. The summed E-state index contributed by atoms with van der Waals surface area (Å²) in [5.74, 6) is -0.142. The lowest BCUT2D eigenvalue weighted by molar-refractivity contribution is 0.595. The third kappa shape index (κ3) is 2.77. The number of anilines is 1. The zero-order chi connectivity index (χ0) is 12.5. The highest BCUT2D eigenvalue weighted by Gasteiger charge is 2.19. The van der Waals surface area contributed by atoms with Crippen molar-refractivity contribution >= 4 is 38.5 Å². The first-order valence-electron chi connectivity index (χ1n) is 4.65. The van der Waals surface area contributed by atoms with E-state index in [0.29, 0.717) is 10.0 Å². The van der Waals surface area contributed by atoms with Crippen molar-refractivity contribution in [2.45, 2.75) is 10.6 Å². The quantitative estimate of drug-likeness (QED) is 0.880. The summed E-state index contributed by atoms with van der Waals surface area (Å²) in [5.41, 5.74) is 5.82. The monoisotopic (exact) mass is 288 g/mol. The molecule has 0 amide bonds. The van der Waals surface area contributed by atoms with Crippen LogP contribution in [0.2, 0.25) is 5.02 Å². The number of hydrogen-bond acceptors (Lipinski definition) is 5. The summed E-state index contributed by atoms with van der Waals surface area (Å²) in [7, 11) is -3.47. The van der Waals surface area contributed by atoms with E-state index in [9.17, 15) is 8.42 Å². The van der Waals surface area contributed by atoms with E-state index in [1.54, 1.807) is 11.6 Å². The predicted octanol–water partition coefficient (Wildman–Crippen LogP) is 2.35. The van der Waals surface area contributed by atoms with E-state index in [4.69, 9.17) is 17.3 Å². The van der Waals surface area contributed by atoms with Gasteiger partial charge in [0.05, 0.1) is 10.6 Å². The fourth-order valence-electron chi connectivity index (χ4n) is 1.37. The Morgan fingerprint density at radius 1 is 1.41 bits per heavy atom. The molecule has 0 aliphatic carbocycles. The molecule has 2 N–H and O–H groups in total. The lowest BCUT2D eigenvalue weighted by Crippen LogP contribution is -2.07. The highest BCUT2D eigenvalue weighted by Crippen LogP contribution is 2.25. The fraction of sp³-hybridized carbons (Fsp3) is 0.100. The van der Waals surface area contributed by atoms with Crippen LogP contribution in [0.5, 0.6) is 0 Å². The second-order valence-corrected chi connectivity index (χ2v) is 6.74. The van der Waals surface area contributed by atoms with Crippen molar-refractivity contribution in [1.82, 2.24) is 4.98 Å². The lowest BCUT2D eigenvalue weighted by Gasteiger charge is -2.06. The average Bonchev–Trinajstić information content (AvgIpc) is 2.68. The number of benzene rings is 1. The Morgan fingerprint density at radius 2 is 2.18 bits per heavy atom. The smallest absolute Gasteiger partial charge is 0.186 e. The van der Waals surface area contributed by atoms with E-state index in [-0.39, 0.29) is 16.3 Å². The zero-order valence-corrected chi connectivity index (χ0v) is 11.0. The molecule has 0 bridgehead atoms. The SMILES string of the molecule is Nc1cc(Cl)ccc1S(=O)(=O)Cc1nccs1. The molecule has 17 heavy (non-hydrogen) atoms. The Hall–Kier alpha value is -1.11. The number of thiazole rings is 1. The molecule has 0 radical (unpaired) electrons. The second-order valence-electron chi connectivity index (χ2n) is 3.37. The molecule has 0 atom stereocenters. The van der Waals surface area contributed by atoms with E-state index in [0.717, 1.165) is 0 Å². The summed E-state index contributed by atoms with van der Waals surface area (Å²) in [6.45, 7) is 0. The van der Waals surface area contributed by atoms with Crippen molar-refractivity contribution in [3.8, 4) is 0 Å². The maximum absolute atomic E-state index is 12.1. The molecular weight excluding hydrogens is 280 g/mol. The van der Waals surface area contributed by atoms with Gasteiger partial charge in [0.25, 0.3) is 0 Å². The Morgan fingerprint density at radius 3 is 2.76 bits per heavy atom. The average molecular weight is 289 g/mol. The third-order valence-electron chi connectivity index (χ3n) is 2.10. The summed E-state index contributed by atoms with van der Waals surface area (Å²) < 4.78 is 24.2. The van der Waals surface area contributed by atoms with Crippen LogP contribution in [0.1, 0.15) is 5.01 Å². The normalized spacial score (nSPS) is 11.6. The van der Waals surface area contributed by atoms with Crippen LogP contribution >= 0.6 is 22.9 Å². The minimum atomic E-state index is -3.47. The number of hydrogen-bond donors (Lipinski definition) is 1. The van der Waals surface area contributed by atoms with Gasteiger partial charge in [-0.05, 0) is 18.2 Å². The van der Waals surface area contributed by atoms with Gasteiger partial charge in [-0.25, -0.2) is 13.4 Å². The molecule has 7 heteroatoms. The number of aromatic nitrogens is 1. The number of nitrogen functional groups attached to an aromatic ring is 1. The molecule has 2 aromatic rings. The van der Waals surface area contributed by atoms with Crippen molar-refractivity contribution in [3.63, 3.8) is 0 Å². The van der Waals surface area contributed by atoms with Crippen LogP contribution in [-0.4, -0.2) is 13.4 Å². The van der Waals surface area contributed by atoms with E-state index in [1.165, 1.54) is 29.5 Å². The lowest BCUT2D eigenvalue weighted by atomic mass is 10.3. The summed E-state index contributed by atoms with van der Waals surface area (Å²) >= 11 is 7.02. The van der Waals surface area contributed by atoms with E-state index >= 15 is 0 Å². The van der Waals surface area contributed by atoms with Gasteiger partial charge in [0.15, 0.2) is 9.84 Å². The third-order valence-corrected chi connectivity index (χ3v) is 5.00. The molecule has 1 aromatic heterocycles. The molecule has 90 valence electrons. The first-order valence-corrected chi connectivity index (χ1v) is 7.56. The number of nitrogens with two attached hydrogens (primary N) is 1. The van der Waals surface area contributed by atoms with Gasteiger partial charge < -0.3 is 5.73 Å². The second kappa shape index (κ2) is 4.64. The molecule has 0 spiro atoms. The Kier molecular flexibility index (Phi) is 3.37. The first-order chi connectivity index (χ1) is 7.99. The molecule has 4 nitrogen and oxygen atoms in total. The minimum Gasteiger partial charge on any atom is -0.398 e. The topological polar surface area (TPSA) is 73.1 Å². The van der Waals surface area contributed by atoms with Crippen LogP contribution in [0.25, 0.3) is 0 Å². The van der Waals surface area contributed by atoms with E-state index < -0.39 is 9.84 Å². The molecule has 0 unspecified atom stereocenters. The van der Waals surface area contributed by atoms with Crippen molar-refractivity contribution in [3.05, 3.63) is 39.8 Å². The van der Waals surface area contributed by atoms with Crippen LogP contribution < -0.4 is 5.73 Å². The molecule has 0 aliphatic heterocycles. The van der Waals surface area contributed by atoms with Crippen molar-refractivity contribution in [2.24, 2.45) is 0 Å². The molecule has 1 aromatic carbocycles. The van der Waals surface area contributed by atoms with Gasteiger partial charge in [-0.2, -0.15) is 0 Å². The Bertz CT molecular complexity index is 624. The van der Waals surface area contributed by atoms with Crippen LogP contribution in [0, 0.1) is 0 Å². The number of halogens is 1. The van der Waals surface area contributed by atoms with Gasteiger partial charge in [0.2, 0.25) is 0 Å². The summed E-state index contributed by atoms with van der Waals surface area (Å²) in [4.78, 5) is 4.04. The highest BCUT2D eigenvalue weighted by molar-refractivity contribution is 7.91. The van der Waals surface area contributed by atoms with Crippen LogP contribution in [0.4, 0.5) is 5.69 Å². The van der Waals surface area contributed by atoms with Gasteiger partial charge in [-0.15, -0.1) is 11.3 Å². The minimum absolute atomic E-state index is 0.0945. The van der Waals surface area contributed by atoms with Crippen LogP contribution in [-0.2, 0) is 15.6 Å². The van der Waals surface area contributed by atoms with Crippen molar-refractivity contribution in [2.75, 3.05) is 5.73 Å². The molecule has 0 saturated carbocycles. The fourth-order valence-corrected chi connectivity index (χ4v) is 3.93. The molecule has 0 saturated heterocycles. The van der Waals surface area contributed by atoms with Crippen molar-refractivity contribution < 1.29 is 8.42 Å². The largest absolute Gasteiger partial charge is 0.398 e. The Labute approximate surface area is 108 Å². The van der Waals surface area contributed by atoms with Gasteiger partial charge in [0, 0.05) is 16.6 Å². The number of sulfone groups is 1. The number of rotatable bonds is 3. The molecule has 0 fully saturated rings. The van der Waals surface area contributed by atoms with E-state index in [1.807, 2.05) is 0 Å². The molecular formula is C10H9ClN2O2S2. The molecule has 0 aliphatic rings.